The van der Waals surface area contributed by atoms with E-state index in [2.05, 4.69) is 48.4 Å². The highest BCUT2D eigenvalue weighted by Gasteiger charge is 2.06. The lowest BCUT2D eigenvalue weighted by Gasteiger charge is -2.03. The van der Waals surface area contributed by atoms with Crippen molar-refractivity contribution in [3.63, 3.8) is 0 Å². The van der Waals surface area contributed by atoms with Crippen LogP contribution in [0.5, 0.6) is 0 Å². The molecule has 2 rings (SSSR count). The van der Waals surface area contributed by atoms with Crippen LogP contribution in [0.4, 0.5) is 5.69 Å². The highest BCUT2D eigenvalue weighted by molar-refractivity contribution is 5.44. The summed E-state index contributed by atoms with van der Waals surface area (Å²) in [5.74, 6) is 2.10. The van der Waals surface area contributed by atoms with Crippen molar-refractivity contribution in [2.45, 2.75) is 40.2 Å². The van der Waals surface area contributed by atoms with E-state index < -0.39 is 0 Å². The number of anilines is 1. The van der Waals surface area contributed by atoms with E-state index in [1.807, 2.05) is 12.1 Å². The average molecular weight is 259 g/mol. The maximum atomic E-state index is 5.22. The summed E-state index contributed by atoms with van der Waals surface area (Å²) in [6.07, 6.45) is 1.97. The predicted molar refractivity (Wildman–Crippen MR) is 76.0 cm³/mol. The summed E-state index contributed by atoms with van der Waals surface area (Å²) in [5.41, 5.74) is 2.31. The third kappa shape index (κ3) is 4.39. The molecule has 4 heteroatoms. The van der Waals surface area contributed by atoms with E-state index in [4.69, 9.17) is 4.52 Å². The molecular formula is C15H21N3O. The molecule has 0 aliphatic heterocycles. The van der Waals surface area contributed by atoms with Gasteiger partial charge in [-0.2, -0.15) is 4.98 Å². The molecule has 0 bridgehead atoms. The maximum absolute atomic E-state index is 5.22. The fourth-order valence-electron chi connectivity index (χ4n) is 1.73. The molecule has 1 aromatic carbocycles. The average Bonchev–Trinajstić information content (AvgIpc) is 2.84. The number of nitrogens with one attached hydrogen (secondary N) is 1. The number of hydrogen-bond acceptors (Lipinski definition) is 4. The van der Waals surface area contributed by atoms with Crippen molar-refractivity contribution in [2.75, 3.05) is 5.32 Å². The summed E-state index contributed by atoms with van der Waals surface area (Å²) in [7, 11) is 0. The third-order valence-corrected chi connectivity index (χ3v) is 2.95. The van der Waals surface area contributed by atoms with Crippen LogP contribution in [0.1, 0.15) is 37.5 Å². The van der Waals surface area contributed by atoms with Crippen LogP contribution in [0.3, 0.4) is 0 Å². The highest BCUT2D eigenvalue weighted by Crippen LogP contribution is 2.11. The van der Waals surface area contributed by atoms with Gasteiger partial charge in [0.25, 0.3) is 0 Å². The minimum Gasteiger partial charge on any atom is -0.376 e. The molecule has 0 saturated heterocycles. The zero-order chi connectivity index (χ0) is 13.7. The van der Waals surface area contributed by atoms with E-state index in [0.29, 0.717) is 18.4 Å². The van der Waals surface area contributed by atoms with Gasteiger partial charge in [0.15, 0.2) is 5.82 Å². The molecule has 0 spiro atoms. The zero-order valence-electron chi connectivity index (χ0n) is 11.8. The van der Waals surface area contributed by atoms with E-state index >= 15 is 0 Å². The first kappa shape index (κ1) is 13.6. The SMILES string of the molecule is Cc1ccc(NCc2nc(CCC(C)C)no2)cc1. The normalized spacial score (nSPS) is 10.9. The number of aryl methyl sites for hydroxylation is 2. The second-order valence-electron chi connectivity index (χ2n) is 5.26. The molecule has 4 nitrogen and oxygen atoms in total. The number of benzene rings is 1. The lowest BCUT2D eigenvalue weighted by atomic mass is 10.1. The molecule has 1 N–H and O–H groups in total. The van der Waals surface area contributed by atoms with Crippen molar-refractivity contribution in [3.05, 3.63) is 41.5 Å². The van der Waals surface area contributed by atoms with Crippen LogP contribution in [0, 0.1) is 12.8 Å². The van der Waals surface area contributed by atoms with E-state index in [1.54, 1.807) is 0 Å². The van der Waals surface area contributed by atoms with Crippen LogP contribution < -0.4 is 5.32 Å². The molecule has 2 aromatic rings. The number of rotatable bonds is 6. The lowest BCUT2D eigenvalue weighted by molar-refractivity contribution is 0.376. The second kappa shape index (κ2) is 6.36. The summed E-state index contributed by atoms with van der Waals surface area (Å²) >= 11 is 0. The minimum atomic E-state index is 0.567. The molecule has 1 aromatic heterocycles. The maximum Gasteiger partial charge on any atom is 0.245 e. The van der Waals surface area contributed by atoms with Crippen LogP contribution in [-0.4, -0.2) is 10.1 Å². The molecule has 0 aliphatic rings. The van der Waals surface area contributed by atoms with Crippen molar-refractivity contribution >= 4 is 5.69 Å². The van der Waals surface area contributed by atoms with Gasteiger partial charge >= 0.3 is 0 Å². The number of aromatic nitrogens is 2. The Balaban J connectivity index is 1.84. The molecule has 19 heavy (non-hydrogen) atoms. The summed E-state index contributed by atoms with van der Waals surface area (Å²) in [6, 6.07) is 8.24. The van der Waals surface area contributed by atoms with Gasteiger partial charge in [-0.15, -0.1) is 0 Å². The van der Waals surface area contributed by atoms with E-state index in [9.17, 15) is 0 Å². The van der Waals surface area contributed by atoms with Crippen LogP contribution in [-0.2, 0) is 13.0 Å². The smallest absolute Gasteiger partial charge is 0.245 e. The highest BCUT2D eigenvalue weighted by atomic mass is 16.5. The van der Waals surface area contributed by atoms with Crippen molar-refractivity contribution in [3.8, 4) is 0 Å². The van der Waals surface area contributed by atoms with Gasteiger partial charge in [0.05, 0.1) is 6.54 Å². The molecule has 0 radical (unpaired) electrons. The minimum absolute atomic E-state index is 0.567. The Morgan fingerprint density at radius 3 is 2.63 bits per heavy atom. The van der Waals surface area contributed by atoms with Crippen LogP contribution in [0.25, 0.3) is 0 Å². The van der Waals surface area contributed by atoms with Crippen LogP contribution >= 0.6 is 0 Å². The zero-order valence-corrected chi connectivity index (χ0v) is 11.8. The first-order valence-corrected chi connectivity index (χ1v) is 6.75. The Morgan fingerprint density at radius 2 is 1.95 bits per heavy atom. The summed E-state index contributed by atoms with van der Waals surface area (Å²) in [4.78, 5) is 4.37. The number of nitrogens with zero attached hydrogens (tertiary/aromatic N) is 2. The van der Waals surface area contributed by atoms with Gasteiger partial charge in [-0.25, -0.2) is 0 Å². The summed E-state index contributed by atoms with van der Waals surface area (Å²) in [6.45, 7) is 7.03. The lowest BCUT2D eigenvalue weighted by Crippen LogP contribution is -2.00. The standard InChI is InChI=1S/C15H21N3O/c1-11(2)4-9-14-17-15(19-18-14)10-16-13-7-5-12(3)6-8-13/h5-8,11,16H,4,9-10H2,1-3H3. The van der Waals surface area contributed by atoms with Gasteiger partial charge in [0.2, 0.25) is 5.89 Å². The van der Waals surface area contributed by atoms with Crippen molar-refractivity contribution in [2.24, 2.45) is 5.92 Å². The number of hydrogen-bond donors (Lipinski definition) is 1. The molecule has 0 amide bonds. The first-order valence-electron chi connectivity index (χ1n) is 6.75. The van der Waals surface area contributed by atoms with Crippen LogP contribution in [0.15, 0.2) is 28.8 Å². The molecular weight excluding hydrogens is 238 g/mol. The van der Waals surface area contributed by atoms with Crippen molar-refractivity contribution in [1.82, 2.24) is 10.1 Å². The fraction of sp³-hybridized carbons (Fsp3) is 0.467. The summed E-state index contributed by atoms with van der Waals surface area (Å²) < 4.78 is 5.22. The molecule has 0 aliphatic carbocycles. The largest absolute Gasteiger partial charge is 0.376 e. The molecule has 1 heterocycles. The van der Waals surface area contributed by atoms with Gasteiger partial charge in [0.1, 0.15) is 0 Å². The van der Waals surface area contributed by atoms with Crippen molar-refractivity contribution in [1.29, 1.82) is 0 Å². The Kier molecular flexibility index (Phi) is 4.55. The second-order valence-corrected chi connectivity index (χ2v) is 5.26. The molecule has 0 saturated carbocycles. The topological polar surface area (TPSA) is 51.0 Å². The van der Waals surface area contributed by atoms with E-state index in [0.717, 1.165) is 24.4 Å². The molecule has 0 atom stereocenters. The van der Waals surface area contributed by atoms with E-state index in [-0.39, 0.29) is 0 Å². The fourth-order valence-corrected chi connectivity index (χ4v) is 1.73. The molecule has 102 valence electrons. The monoisotopic (exact) mass is 259 g/mol. The van der Waals surface area contributed by atoms with Crippen LogP contribution in [0.2, 0.25) is 0 Å². The van der Waals surface area contributed by atoms with Gasteiger partial charge < -0.3 is 9.84 Å². The first-order chi connectivity index (χ1) is 9.13. The molecule has 0 unspecified atom stereocenters. The Bertz CT molecular complexity index is 502. The van der Waals surface area contributed by atoms with E-state index in [1.165, 1.54) is 5.56 Å². The quantitative estimate of drug-likeness (QED) is 0.861. The van der Waals surface area contributed by atoms with Gasteiger partial charge in [-0.05, 0) is 31.4 Å². The Morgan fingerprint density at radius 1 is 1.21 bits per heavy atom. The van der Waals surface area contributed by atoms with Gasteiger partial charge in [-0.1, -0.05) is 36.7 Å². The summed E-state index contributed by atoms with van der Waals surface area (Å²) in [5, 5.41) is 7.26. The molecule has 0 fully saturated rings. The van der Waals surface area contributed by atoms with Gasteiger partial charge in [-0.3, -0.25) is 0 Å². The van der Waals surface area contributed by atoms with Gasteiger partial charge in [0, 0.05) is 12.1 Å². The Hall–Kier alpha value is -1.84. The third-order valence-electron chi connectivity index (χ3n) is 2.95. The predicted octanol–water partition coefficient (Wildman–Crippen LogP) is 3.58. The van der Waals surface area contributed by atoms with Crippen molar-refractivity contribution < 1.29 is 4.52 Å². The Labute approximate surface area is 114 Å².